The van der Waals surface area contributed by atoms with Crippen LogP contribution in [0.5, 0.6) is 0 Å². The number of amides is 1. The number of hydrogen-bond acceptors (Lipinski definition) is 5. The van der Waals surface area contributed by atoms with Crippen LogP contribution in [0.25, 0.3) is 0 Å². The normalized spacial score (nSPS) is 22.9. The molecule has 1 aliphatic rings. The molecule has 0 bridgehead atoms. The lowest BCUT2D eigenvalue weighted by Crippen LogP contribution is -2.31. The number of carbonyl (C=O) groups excluding carboxylic acids is 2. The van der Waals surface area contributed by atoms with Crippen molar-refractivity contribution in [2.45, 2.75) is 6.92 Å². The zero-order chi connectivity index (χ0) is 13.7. The van der Waals surface area contributed by atoms with Crippen molar-refractivity contribution in [3.63, 3.8) is 0 Å². The molecular formula is C11H17NO5S. The molecular weight excluding hydrogens is 258 g/mol. The first-order valence-corrected chi connectivity index (χ1v) is 6.76. The predicted octanol–water partition coefficient (Wildman–Crippen LogP) is 0.0717. The second-order valence-electron chi connectivity index (χ2n) is 4.29. The van der Waals surface area contributed by atoms with Crippen molar-refractivity contribution in [2.75, 3.05) is 31.7 Å². The van der Waals surface area contributed by atoms with E-state index in [-0.39, 0.29) is 35.2 Å². The van der Waals surface area contributed by atoms with E-state index in [4.69, 9.17) is 5.11 Å². The van der Waals surface area contributed by atoms with Crippen molar-refractivity contribution in [1.82, 2.24) is 4.90 Å². The number of ether oxygens (including phenoxy) is 1. The van der Waals surface area contributed by atoms with Gasteiger partial charge >= 0.3 is 11.9 Å². The van der Waals surface area contributed by atoms with Crippen LogP contribution in [0.2, 0.25) is 0 Å². The summed E-state index contributed by atoms with van der Waals surface area (Å²) in [6.07, 6.45) is 0. The Balaban J connectivity index is 2.42. The van der Waals surface area contributed by atoms with E-state index in [1.54, 1.807) is 4.90 Å². The zero-order valence-electron chi connectivity index (χ0n) is 10.4. The van der Waals surface area contributed by atoms with Crippen LogP contribution < -0.4 is 0 Å². The minimum absolute atomic E-state index is 0.0749. The van der Waals surface area contributed by atoms with E-state index in [9.17, 15) is 14.4 Å². The van der Waals surface area contributed by atoms with Gasteiger partial charge < -0.3 is 14.7 Å². The summed E-state index contributed by atoms with van der Waals surface area (Å²) in [5, 5.41) is 8.47. The molecule has 0 radical (unpaired) electrons. The molecule has 1 heterocycles. The Morgan fingerprint density at radius 2 is 2.00 bits per heavy atom. The number of hydrogen-bond donors (Lipinski definition) is 1. The number of rotatable bonds is 5. The average Bonchev–Trinajstić information content (AvgIpc) is 2.70. The second kappa shape index (κ2) is 6.63. The second-order valence-corrected chi connectivity index (χ2v) is 5.28. The summed E-state index contributed by atoms with van der Waals surface area (Å²) in [6.45, 7) is 2.78. The van der Waals surface area contributed by atoms with Crippen LogP contribution in [0.4, 0.5) is 0 Å². The number of carboxylic acid groups (broad SMARTS) is 1. The fourth-order valence-corrected chi connectivity index (χ4v) is 2.58. The van der Waals surface area contributed by atoms with Gasteiger partial charge in [-0.05, 0) is 5.92 Å². The zero-order valence-corrected chi connectivity index (χ0v) is 11.2. The summed E-state index contributed by atoms with van der Waals surface area (Å²) >= 11 is 1.07. The van der Waals surface area contributed by atoms with Gasteiger partial charge in [-0.3, -0.25) is 14.4 Å². The molecule has 2 unspecified atom stereocenters. The maximum Gasteiger partial charge on any atom is 0.313 e. The van der Waals surface area contributed by atoms with E-state index in [1.807, 2.05) is 6.92 Å². The van der Waals surface area contributed by atoms with Crippen molar-refractivity contribution in [2.24, 2.45) is 11.8 Å². The highest BCUT2D eigenvalue weighted by atomic mass is 32.2. The molecule has 0 spiro atoms. The van der Waals surface area contributed by atoms with Crippen molar-refractivity contribution in [3.05, 3.63) is 0 Å². The Morgan fingerprint density at radius 1 is 1.33 bits per heavy atom. The summed E-state index contributed by atoms with van der Waals surface area (Å²) in [7, 11) is 1.34. The summed E-state index contributed by atoms with van der Waals surface area (Å²) in [5.41, 5.74) is 0. The molecule has 7 heteroatoms. The van der Waals surface area contributed by atoms with Crippen molar-refractivity contribution < 1.29 is 24.2 Å². The third kappa shape index (κ3) is 3.90. The van der Waals surface area contributed by atoms with Gasteiger partial charge in [-0.15, -0.1) is 11.8 Å². The van der Waals surface area contributed by atoms with Gasteiger partial charge in [0.05, 0.1) is 24.5 Å². The maximum atomic E-state index is 11.8. The number of thioether (sulfide) groups is 1. The molecule has 1 amide bonds. The van der Waals surface area contributed by atoms with Crippen molar-refractivity contribution in [1.29, 1.82) is 0 Å². The predicted molar refractivity (Wildman–Crippen MR) is 66.2 cm³/mol. The van der Waals surface area contributed by atoms with E-state index < -0.39 is 5.97 Å². The molecule has 0 aromatic carbocycles. The molecule has 1 aliphatic heterocycles. The summed E-state index contributed by atoms with van der Waals surface area (Å²) in [6, 6.07) is 0. The highest BCUT2D eigenvalue weighted by molar-refractivity contribution is 8.00. The molecule has 1 N–H and O–H groups in total. The van der Waals surface area contributed by atoms with Crippen molar-refractivity contribution in [3.8, 4) is 0 Å². The lowest BCUT2D eigenvalue weighted by atomic mass is 9.99. The van der Waals surface area contributed by atoms with Gasteiger partial charge in [-0.1, -0.05) is 6.92 Å². The maximum absolute atomic E-state index is 11.8. The molecule has 1 saturated heterocycles. The van der Waals surface area contributed by atoms with E-state index in [2.05, 4.69) is 4.74 Å². The number of carbonyl (C=O) groups is 3. The lowest BCUT2D eigenvalue weighted by molar-refractivity contribution is -0.146. The average molecular weight is 275 g/mol. The molecule has 0 saturated carbocycles. The fraction of sp³-hybridized carbons (Fsp3) is 0.727. The number of esters is 1. The molecule has 2 atom stereocenters. The number of methoxy groups -OCH3 is 1. The van der Waals surface area contributed by atoms with Crippen LogP contribution in [0.15, 0.2) is 0 Å². The largest absolute Gasteiger partial charge is 0.481 e. The molecule has 1 rings (SSSR count). The Morgan fingerprint density at radius 3 is 2.56 bits per heavy atom. The van der Waals surface area contributed by atoms with Crippen LogP contribution in [0, 0.1) is 11.8 Å². The Kier molecular flexibility index (Phi) is 5.46. The Bertz CT molecular complexity index is 346. The first-order chi connectivity index (χ1) is 8.45. The van der Waals surface area contributed by atoms with E-state index in [1.165, 1.54) is 7.11 Å². The van der Waals surface area contributed by atoms with Gasteiger partial charge in [-0.2, -0.15) is 0 Å². The minimum Gasteiger partial charge on any atom is -0.481 e. The van der Waals surface area contributed by atoms with Crippen molar-refractivity contribution >= 4 is 29.6 Å². The topological polar surface area (TPSA) is 83.9 Å². The van der Waals surface area contributed by atoms with E-state index in [0.717, 1.165) is 11.8 Å². The van der Waals surface area contributed by atoms with Crippen LogP contribution in [-0.2, 0) is 19.1 Å². The molecule has 0 aromatic heterocycles. The van der Waals surface area contributed by atoms with Gasteiger partial charge in [0.15, 0.2) is 0 Å². The Hall–Kier alpha value is -1.24. The quantitative estimate of drug-likeness (QED) is 0.715. The smallest absolute Gasteiger partial charge is 0.313 e. The first-order valence-electron chi connectivity index (χ1n) is 5.60. The van der Waals surface area contributed by atoms with Crippen LogP contribution in [0.1, 0.15) is 6.92 Å². The lowest BCUT2D eigenvalue weighted by Gasteiger charge is -2.15. The van der Waals surface area contributed by atoms with Gasteiger partial charge in [0.2, 0.25) is 5.91 Å². The van der Waals surface area contributed by atoms with Crippen LogP contribution in [0.3, 0.4) is 0 Å². The van der Waals surface area contributed by atoms with Gasteiger partial charge in [0, 0.05) is 13.1 Å². The van der Waals surface area contributed by atoms with E-state index in [0.29, 0.717) is 13.1 Å². The molecule has 0 aromatic rings. The third-order valence-electron chi connectivity index (χ3n) is 2.92. The monoisotopic (exact) mass is 275 g/mol. The first kappa shape index (κ1) is 14.8. The molecule has 102 valence electrons. The summed E-state index contributed by atoms with van der Waals surface area (Å²) in [5.74, 6) is -1.51. The number of nitrogens with zero attached hydrogens (tertiary/aromatic N) is 1. The highest BCUT2D eigenvalue weighted by Gasteiger charge is 2.37. The molecule has 18 heavy (non-hydrogen) atoms. The number of likely N-dealkylation sites (tertiary alicyclic amines) is 1. The SMILES string of the molecule is COC(=O)C1CN(C(=O)CSCC(=O)O)CC1C. The number of carboxylic acids is 1. The summed E-state index contributed by atoms with van der Waals surface area (Å²) < 4.78 is 4.69. The third-order valence-corrected chi connectivity index (χ3v) is 3.82. The fourth-order valence-electron chi connectivity index (χ4n) is 1.95. The molecule has 6 nitrogen and oxygen atoms in total. The van der Waals surface area contributed by atoms with Crippen LogP contribution in [-0.4, -0.2) is 59.6 Å². The van der Waals surface area contributed by atoms with Gasteiger partial charge in [0.25, 0.3) is 0 Å². The molecule has 0 aliphatic carbocycles. The Labute approximate surface area is 110 Å². The van der Waals surface area contributed by atoms with Crippen LogP contribution >= 0.6 is 11.8 Å². The minimum atomic E-state index is -0.935. The van der Waals surface area contributed by atoms with Gasteiger partial charge in [-0.25, -0.2) is 0 Å². The standard InChI is InChI=1S/C11H17NO5S/c1-7-3-12(4-8(7)11(16)17-2)9(13)5-18-6-10(14)15/h7-8H,3-6H2,1-2H3,(H,14,15). The molecule has 1 fully saturated rings. The van der Waals surface area contributed by atoms with Gasteiger partial charge in [0.1, 0.15) is 0 Å². The highest BCUT2D eigenvalue weighted by Crippen LogP contribution is 2.24. The number of aliphatic carboxylic acids is 1. The summed E-state index contributed by atoms with van der Waals surface area (Å²) in [4.78, 5) is 35.2. The van der Waals surface area contributed by atoms with E-state index >= 15 is 0 Å².